The molecule has 21 heavy (non-hydrogen) atoms. The molecule has 0 aromatic carbocycles. The topological polar surface area (TPSA) is 72.9 Å². The van der Waals surface area contributed by atoms with Crippen molar-refractivity contribution in [1.29, 1.82) is 0 Å². The molecule has 0 N–H and O–H groups in total. The first-order valence-electron chi connectivity index (χ1n) is 7.56. The summed E-state index contributed by atoms with van der Waals surface area (Å²) in [6.45, 7) is 7.45. The van der Waals surface area contributed by atoms with Gasteiger partial charge in [0.2, 0.25) is 11.4 Å². The van der Waals surface area contributed by atoms with Crippen molar-refractivity contribution in [3.63, 3.8) is 0 Å². The maximum Gasteiger partial charge on any atom is 0.343 e. The van der Waals surface area contributed by atoms with Crippen LogP contribution in [0.1, 0.15) is 47.0 Å². The van der Waals surface area contributed by atoms with Gasteiger partial charge in [-0.1, -0.05) is 13.3 Å². The molecule has 1 atom stereocenters. The van der Waals surface area contributed by atoms with Gasteiger partial charge in [0.05, 0.1) is 13.2 Å². The first-order valence-corrected chi connectivity index (χ1v) is 7.56. The van der Waals surface area contributed by atoms with Gasteiger partial charge in [0, 0.05) is 13.5 Å². The second-order valence-corrected chi connectivity index (χ2v) is 5.29. The van der Waals surface area contributed by atoms with Gasteiger partial charge in [-0.05, 0) is 32.6 Å². The van der Waals surface area contributed by atoms with Crippen molar-refractivity contribution in [2.75, 3.05) is 19.8 Å². The minimum Gasteiger partial charge on any atom is -0.464 e. The average molecular weight is 299 g/mol. The molecule has 1 aliphatic heterocycles. The molecule has 0 saturated carbocycles. The molecule has 1 amide bonds. The van der Waals surface area contributed by atoms with Crippen LogP contribution in [0.2, 0.25) is 0 Å². The molecule has 6 heteroatoms. The molecule has 1 aliphatic rings. The van der Waals surface area contributed by atoms with E-state index in [0.717, 1.165) is 12.8 Å². The molecule has 1 fully saturated rings. The summed E-state index contributed by atoms with van der Waals surface area (Å²) in [4.78, 5) is 38.1. The van der Waals surface area contributed by atoms with Crippen molar-refractivity contribution < 1.29 is 23.9 Å². The van der Waals surface area contributed by atoms with E-state index in [1.165, 1.54) is 11.8 Å². The molecule has 6 nitrogen and oxygen atoms in total. The SMILES string of the molecule is CCCC1CN(C(C)=O)C(C(=O)OCC)(C(=O)OCC)C1. The molecule has 0 aromatic rings. The predicted octanol–water partition coefficient (Wildman–Crippen LogP) is 1.52. The van der Waals surface area contributed by atoms with Crippen LogP contribution in [0.5, 0.6) is 0 Å². The first kappa shape index (κ1) is 17.5. The smallest absolute Gasteiger partial charge is 0.343 e. The zero-order chi connectivity index (χ0) is 16.0. The minimum atomic E-state index is -1.61. The van der Waals surface area contributed by atoms with Crippen LogP contribution in [-0.4, -0.2) is 48.0 Å². The van der Waals surface area contributed by atoms with Crippen LogP contribution < -0.4 is 0 Å². The van der Waals surface area contributed by atoms with Gasteiger partial charge in [-0.25, -0.2) is 9.59 Å². The summed E-state index contributed by atoms with van der Waals surface area (Å²) in [5.41, 5.74) is -1.61. The number of amides is 1. The number of carbonyl (C=O) groups is 3. The zero-order valence-electron chi connectivity index (χ0n) is 13.3. The van der Waals surface area contributed by atoms with Gasteiger partial charge in [0.25, 0.3) is 0 Å². The third-order valence-electron chi connectivity index (χ3n) is 3.79. The Balaban J connectivity index is 3.20. The van der Waals surface area contributed by atoms with Gasteiger partial charge in [-0.2, -0.15) is 0 Å². The Bertz CT molecular complexity index is 389. The van der Waals surface area contributed by atoms with E-state index < -0.39 is 17.5 Å². The summed E-state index contributed by atoms with van der Waals surface area (Å²) in [5.74, 6) is -1.57. The monoisotopic (exact) mass is 299 g/mol. The van der Waals surface area contributed by atoms with Crippen LogP contribution >= 0.6 is 0 Å². The van der Waals surface area contributed by atoms with Crippen molar-refractivity contribution in [2.45, 2.75) is 52.5 Å². The number of carbonyl (C=O) groups excluding carboxylic acids is 3. The molecule has 0 bridgehead atoms. The summed E-state index contributed by atoms with van der Waals surface area (Å²) in [5, 5.41) is 0. The van der Waals surface area contributed by atoms with Crippen molar-refractivity contribution >= 4 is 17.8 Å². The van der Waals surface area contributed by atoms with Crippen LogP contribution in [0.4, 0.5) is 0 Å². The third-order valence-corrected chi connectivity index (χ3v) is 3.79. The normalized spacial score (nSPS) is 20.2. The summed E-state index contributed by atoms with van der Waals surface area (Å²) < 4.78 is 10.1. The summed E-state index contributed by atoms with van der Waals surface area (Å²) >= 11 is 0. The van der Waals surface area contributed by atoms with Crippen LogP contribution in [-0.2, 0) is 23.9 Å². The lowest BCUT2D eigenvalue weighted by Crippen LogP contribution is -2.59. The Morgan fingerprint density at radius 2 is 1.62 bits per heavy atom. The van der Waals surface area contributed by atoms with Crippen LogP contribution in [0, 0.1) is 5.92 Å². The van der Waals surface area contributed by atoms with Crippen LogP contribution in [0.15, 0.2) is 0 Å². The number of hydrogen-bond donors (Lipinski definition) is 0. The second kappa shape index (κ2) is 7.43. The first-order chi connectivity index (χ1) is 9.93. The summed E-state index contributed by atoms with van der Waals surface area (Å²) in [7, 11) is 0. The van der Waals surface area contributed by atoms with E-state index in [1.807, 2.05) is 6.92 Å². The second-order valence-electron chi connectivity index (χ2n) is 5.29. The van der Waals surface area contributed by atoms with Crippen molar-refractivity contribution in [3.05, 3.63) is 0 Å². The third kappa shape index (κ3) is 3.36. The molecule has 1 unspecified atom stereocenters. The Kier molecular flexibility index (Phi) is 6.18. The molecular weight excluding hydrogens is 274 g/mol. The minimum absolute atomic E-state index is 0.104. The fourth-order valence-corrected chi connectivity index (χ4v) is 2.98. The van der Waals surface area contributed by atoms with E-state index in [9.17, 15) is 14.4 Å². The van der Waals surface area contributed by atoms with Crippen molar-refractivity contribution in [3.8, 4) is 0 Å². The molecule has 1 saturated heterocycles. The van der Waals surface area contributed by atoms with Gasteiger partial charge in [0.1, 0.15) is 0 Å². The highest BCUT2D eigenvalue weighted by molar-refractivity contribution is 6.08. The number of nitrogens with zero attached hydrogens (tertiary/aromatic N) is 1. The van der Waals surface area contributed by atoms with Gasteiger partial charge in [-0.3, -0.25) is 4.79 Å². The highest BCUT2D eigenvalue weighted by Crippen LogP contribution is 2.38. The van der Waals surface area contributed by atoms with E-state index >= 15 is 0 Å². The van der Waals surface area contributed by atoms with Crippen molar-refractivity contribution in [1.82, 2.24) is 4.90 Å². The fourth-order valence-electron chi connectivity index (χ4n) is 2.98. The summed E-state index contributed by atoms with van der Waals surface area (Å²) in [6.07, 6.45) is 2.06. The summed E-state index contributed by atoms with van der Waals surface area (Å²) in [6, 6.07) is 0. The van der Waals surface area contributed by atoms with Gasteiger partial charge in [-0.15, -0.1) is 0 Å². The van der Waals surface area contributed by atoms with E-state index in [-0.39, 0.29) is 31.5 Å². The maximum absolute atomic E-state index is 12.4. The molecule has 0 aliphatic carbocycles. The Morgan fingerprint density at radius 3 is 2.00 bits per heavy atom. The highest BCUT2D eigenvalue weighted by atomic mass is 16.6. The molecule has 120 valence electrons. The number of hydrogen-bond acceptors (Lipinski definition) is 5. The molecule has 0 aromatic heterocycles. The largest absolute Gasteiger partial charge is 0.464 e. The van der Waals surface area contributed by atoms with Crippen LogP contribution in [0.3, 0.4) is 0 Å². The standard InChI is InChI=1S/C15H25NO5/c1-5-8-12-9-15(13(18)20-6-2,14(19)21-7-3)16(10-12)11(4)17/h12H,5-10H2,1-4H3. The molecule has 0 radical (unpaired) electrons. The van der Waals surface area contributed by atoms with E-state index in [0.29, 0.717) is 6.54 Å². The molecule has 1 rings (SSSR count). The Morgan fingerprint density at radius 1 is 1.10 bits per heavy atom. The molecule has 0 spiro atoms. The molecule has 1 heterocycles. The number of esters is 2. The highest BCUT2D eigenvalue weighted by Gasteiger charge is 2.60. The number of likely N-dealkylation sites (tertiary alicyclic amines) is 1. The molecular formula is C15H25NO5. The van der Waals surface area contributed by atoms with E-state index in [2.05, 4.69) is 0 Å². The fraction of sp³-hybridized carbons (Fsp3) is 0.800. The van der Waals surface area contributed by atoms with E-state index in [1.54, 1.807) is 13.8 Å². The zero-order valence-corrected chi connectivity index (χ0v) is 13.3. The lowest BCUT2D eigenvalue weighted by Gasteiger charge is -2.32. The maximum atomic E-state index is 12.4. The van der Waals surface area contributed by atoms with Crippen LogP contribution in [0.25, 0.3) is 0 Å². The Hall–Kier alpha value is -1.59. The van der Waals surface area contributed by atoms with E-state index in [4.69, 9.17) is 9.47 Å². The van der Waals surface area contributed by atoms with Gasteiger partial charge >= 0.3 is 11.9 Å². The Labute approximate surface area is 125 Å². The average Bonchev–Trinajstić information content (AvgIpc) is 2.80. The van der Waals surface area contributed by atoms with Gasteiger partial charge < -0.3 is 14.4 Å². The van der Waals surface area contributed by atoms with Gasteiger partial charge in [0.15, 0.2) is 0 Å². The van der Waals surface area contributed by atoms with Crippen molar-refractivity contribution in [2.24, 2.45) is 5.92 Å². The predicted molar refractivity (Wildman–Crippen MR) is 76.4 cm³/mol. The number of ether oxygens (including phenoxy) is 2. The number of rotatable bonds is 6. The quantitative estimate of drug-likeness (QED) is 0.549. The lowest BCUT2D eigenvalue weighted by atomic mass is 9.90. The lowest BCUT2D eigenvalue weighted by molar-refractivity contribution is -0.176.